The van der Waals surface area contributed by atoms with E-state index in [-0.39, 0.29) is 29.7 Å². The number of hydrogen-bond donors (Lipinski definition) is 6. The Bertz CT molecular complexity index is 1380. The molecule has 5 rings (SSSR count). The number of aromatic hydroxyl groups is 1. The molecule has 3 heterocycles. The summed E-state index contributed by atoms with van der Waals surface area (Å²) in [5.41, 5.74) is 13.2. The first-order valence-corrected chi connectivity index (χ1v) is 10.8. The molecule has 0 unspecified atom stereocenters. The topological polar surface area (TPSA) is 132 Å². The van der Waals surface area contributed by atoms with E-state index in [9.17, 15) is 14.7 Å². The number of hydrazine groups is 3. The van der Waals surface area contributed by atoms with Crippen molar-refractivity contribution in [2.24, 2.45) is 0 Å². The lowest BCUT2D eigenvalue weighted by atomic mass is 10.0. The van der Waals surface area contributed by atoms with Gasteiger partial charge in [-0.2, -0.15) is 11.1 Å². The number of pyridine rings is 2. The van der Waals surface area contributed by atoms with Crippen LogP contribution in [-0.4, -0.2) is 33.3 Å². The maximum Gasteiger partial charge on any atom is 0.273 e. The van der Waals surface area contributed by atoms with E-state index in [0.29, 0.717) is 23.0 Å². The third kappa shape index (κ3) is 4.26. The van der Waals surface area contributed by atoms with E-state index < -0.39 is 5.91 Å². The van der Waals surface area contributed by atoms with E-state index in [1.54, 1.807) is 10.6 Å². The first-order chi connectivity index (χ1) is 16.6. The zero-order valence-electron chi connectivity index (χ0n) is 18.1. The molecule has 6 N–H and O–H groups in total. The highest BCUT2D eigenvalue weighted by Gasteiger charge is 2.21. The lowest BCUT2D eigenvalue weighted by molar-refractivity contribution is 0.0941. The molecule has 10 heteroatoms. The third-order valence-electron chi connectivity index (χ3n) is 5.63. The molecule has 0 atom stereocenters. The molecule has 1 aliphatic heterocycles. The van der Waals surface area contributed by atoms with Gasteiger partial charge in [0, 0.05) is 17.5 Å². The first kappa shape index (κ1) is 21.7. The van der Waals surface area contributed by atoms with Gasteiger partial charge in [0.15, 0.2) is 11.4 Å². The summed E-state index contributed by atoms with van der Waals surface area (Å²) in [5.74, 6) is -0.811. The summed E-state index contributed by atoms with van der Waals surface area (Å²) in [4.78, 5) is 30.5. The van der Waals surface area contributed by atoms with Gasteiger partial charge in [0.1, 0.15) is 6.17 Å². The van der Waals surface area contributed by atoms with Gasteiger partial charge in [-0.15, -0.1) is 0 Å². The molecule has 2 aromatic heterocycles. The van der Waals surface area contributed by atoms with Gasteiger partial charge in [-0.1, -0.05) is 60.7 Å². The van der Waals surface area contributed by atoms with Crippen molar-refractivity contribution in [2.75, 3.05) is 6.54 Å². The second kappa shape index (κ2) is 9.41. The van der Waals surface area contributed by atoms with E-state index in [4.69, 9.17) is 0 Å². The van der Waals surface area contributed by atoms with Crippen LogP contribution in [-0.2, 0) is 6.54 Å². The van der Waals surface area contributed by atoms with Crippen LogP contribution < -0.4 is 32.8 Å². The van der Waals surface area contributed by atoms with Crippen molar-refractivity contribution in [3.63, 3.8) is 0 Å². The second-order valence-electron chi connectivity index (χ2n) is 7.86. The molecule has 172 valence electrons. The SMILES string of the molecule is O=C(NCC1NNNN1)c1ncc2c(cc(-c3ccccc3)c(=O)n2Cc2ccccc2)c1O. The van der Waals surface area contributed by atoms with Crippen LogP contribution in [0.2, 0.25) is 0 Å². The summed E-state index contributed by atoms with van der Waals surface area (Å²) in [7, 11) is 0. The Morgan fingerprint density at radius 1 is 1.03 bits per heavy atom. The molecule has 1 saturated heterocycles. The summed E-state index contributed by atoms with van der Waals surface area (Å²) in [5, 5.41) is 14.2. The molecule has 2 aromatic carbocycles. The number of rotatable bonds is 6. The van der Waals surface area contributed by atoms with Crippen molar-refractivity contribution in [3.8, 4) is 16.9 Å². The van der Waals surface area contributed by atoms with E-state index in [0.717, 1.165) is 11.1 Å². The molecule has 34 heavy (non-hydrogen) atoms. The lowest BCUT2D eigenvalue weighted by Crippen LogP contribution is -2.44. The minimum absolute atomic E-state index is 0.115. The van der Waals surface area contributed by atoms with Crippen molar-refractivity contribution in [1.29, 1.82) is 0 Å². The van der Waals surface area contributed by atoms with E-state index in [1.807, 2.05) is 60.7 Å². The van der Waals surface area contributed by atoms with Gasteiger partial charge in [-0.25, -0.2) is 15.8 Å². The second-order valence-corrected chi connectivity index (χ2v) is 7.86. The van der Waals surface area contributed by atoms with Crippen LogP contribution in [0.15, 0.2) is 77.7 Å². The molecular weight excluding hydrogens is 434 g/mol. The van der Waals surface area contributed by atoms with E-state index in [2.05, 4.69) is 32.2 Å². The molecule has 0 radical (unpaired) electrons. The highest BCUT2D eigenvalue weighted by molar-refractivity contribution is 6.01. The zero-order chi connectivity index (χ0) is 23.5. The van der Waals surface area contributed by atoms with Crippen LogP contribution in [0, 0.1) is 0 Å². The fourth-order valence-corrected chi connectivity index (χ4v) is 3.90. The highest BCUT2D eigenvalue weighted by atomic mass is 16.3. The Labute approximate surface area is 194 Å². The van der Waals surface area contributed by atoms with Crippen LogP contribution in [0.1, 0.15) is 16.1 Å². The fourth-order valence-electron chi connectivity index (χ4n) is 3.90. The molecule has 4 aromatic rings. The fraction of sp³-hybridized carbons (Fsp3) is 0.125. The minimum Gasteiger partial charge on any atom is -0.505 e. The van der Waals surface area contributed by atoms with Crippen molar-refractivity contribution >= 4 is 16.8 Å². The van der Waals surface area contributed by atoms with Crippen LogP contribution in [0.4, 0.5) is 0 Å². The van der Waals surface area contributed by atoms with Crippen LogP contribution >= 0.6 is 0 Å². The smallest absolute Gasteiger partial charge is 0.273 e. The van der Waals surface area contributed by atoms with Gasteiger partial charge in [-0.3, -0.25) is 9.59 Å². The number of fused-ring (bicyclic) bond motifs is 1. The molecule has 1 amide bonds. The summed E-state index contributed by atoms with van der Waals surface area (Å²) in [6.45, 7) is 0.531. The van der Waals surface area contributed by atoms with Gasteiger partial charge in [0.2, 0.25) is 0 Å². The van der Waals surface area contributed by atoms with Gasteiger partial charge in [0.25, 0.3) is 11.5 Å². The van der Waals surface area contributed by atoms with Gasteiger partial charge >= 0.3 is 0 Å². The normalized spacial score (nSPS) is 13.9. The average Bonchev–Trinajstić information content (AvgIpc) is 3.39. The maximum atomic E-state index is 13.5. The third-order valence-corrected chi connectivity index (χ3v) is 5.63. The Morgan fingerprint density at radius 3 is 2.41 bits per heavy atom. The molecular formula is C24H23N7O3. The predicted molar refractivity (Wildman–Crippen MR) is 127 cm³/mol. The quantitative estimate of drug-likeness (QED) is 0.253. The molecule has 0 saturated carbocycles. The predicted octanol–water partition coefficient (Wildman–Crippen LogP) is 0.990. The van der Waals surface area contributed by atoms with Crippen molar-refractivity contribution in [2.45, 2.75) is 12.7 Å². The van der Waals surface area contributed by atoms with Crippen LogP contribution in [0.3, 0.4) is 0 Å². The number of nitrogens with one attached hydrogen (secondary N) is 5. The molecule has 0 bridgehead atoms. The number of nitrogens with zero attached hydrogens (tertiary/aromatic N) is 2. The maximum absolute atomic E-state index is 13.5. The van der Waals surface area contributed by atoms with Gasteiger partial charge in [0.05, 0.1) is 18.3 Å². The monoisotopic (exact) mass is 457 g/mol. The number of aromatic nitrogens is 2. The number of amides is 1. The Balaban J connectivity index is 1.61. The summed E-state index contributed by atoms with van der Waals surface area (Å²) < 4.78 is 1.57. The van der Waals surface area contributed by atoms with Crippen LogP contribution in [0.25, 0.3) is 22.0 Å². The summed E-state index contributed by atoms with van der Waals surface area (Å²) in [6, 6.07) is 20.4. The standard InChI is InChI=1S/C24H23N7O3/c32-22-18-11-17(16-9-5-2-6-10-16)24(34)31(14-15-7-3-1-4-8-15)19(18)12-25-21(22)23(33)26-13-20-27-29-30-28-20/h1-12,20,27-30,32H,13-14H2,(H,26,33). The molecule has 1 fully saturated rings. The van der Waals surface area contributed by atoms with Crippen molar-refractivity contribution in [3.05, 3.63) is 94.5 Å². The number of carbonyl (C=O) groups excluding carboxylic acids is 1. The lowest BCUT2D eigenvalue weighted by Gasteiger charge is -2.16. The Morgan fingerprint density at radius 2 is 1.71 bits per heavy atom. The highest BCUT2D eigenvalue weighted by Crippen LogP contribution is 2.30. The van der Waals surface area contributed by atoms with Gasteiger partial charge in [-0.05, 0) is 17.2 Å². The number of carbonyl (C=O) groups is 1. The molecule has 0 aliphatic carbocycles. The zero-order valence-corrected chi connectivity index (χ0v) is 18.1. The Kier molecular flexibility index (Phi) is 6.02. The molecule has 1 aliphatic rings. The molecule has 10 nitrogen and oxygen atoms in total. The Hall–Kier alpha value is -4.09. The largest absolute Gasteiger partial charge is 0.505 e. The van der Waals surface area contributed by atoms with Crippen molar-refractivity contribution in [1.82, 2.24) is 36.8 Å². The number of benzene rings is 2. The van der Waals surface area contributed by atoms with E-state index >= 15 is 0 Å². The minimum atomic E-state index is -0.531. The molecule has 0 spiro atoms. The van der Waals surface area contributed by atoms with Crippen molar-refractivity contribution < 1.29 is 9.90 Å². The number of hydrogen-bond acceptors (Lipinski definition) is 8. The summed E-state index contributed by atoms with van der Waals surface area (Å²) in [6.07, 6.45) is 1.21. The first-order valence-electron chi connectivity index (χ1n) is 10.8. The summed E-state index contributed by atoms with van der Waals surface area (Å²) >= 11 is 0. The van der Waals surface area contributed by atoms with Crippen LogP contribution in [0.5, 0.6) is 5.75 Å². The average molecular weight is 457 g/mol. The van der Waals surface area contributed by atoms with E-state index in [1.165, 1.54) is 6.20 Å². The van der Waals surface area contributed by atoms with Gasteiger partial charge < -0.3 is 15.0 Å².